The van der Waals surface area contributed by atoms with E-state index in [1.54, 1.807) is 15.3 Å². The number of hydrogen-bond acceptors (Lipinski definition) is 4. The Labute approximate surface area is 163 Å². The molecule has 0 saturated carbocycles. The first-order valence-corrected chi connectivity index (χ1v) is 9.86. The van der Waals surface area contributed by atoms with Crippen LogP contribution >= 0.6 is 0 Å². The normalized spacial score (nSPS) is 14.0. The molecule has 0 atom stereocenters. The summed E-state index contributed by atoms with van der Waals surface area (Å²) in [6, 6.07) is 11.5. The number of hydrogen-bond donors (Lipinski definition) is 1. The van der Waals surface area contributed by atoms with Crippen LogP contribution in [0.5, 0.6) is 0 Å². The van der Waals surface area contributed by atoms with Crippen LogP contribution in [0.25, 0.3) is 11.0 Å². The number of nitrogens with one attached hydrogen (secondary N) is 1. The number of nitrogens with zero attached hydrogens (tertiary/aromatic N) is 4. The summed E-state index contributed by atoms with van der Waals surface area (Å²) in [5.41, 5.74) is 2.77. The van der Waals surface area contributed by atoms with Gasteiger partial charge in [0.05, 0.1) is 22.9 Å². The third-order valence-corrected chi connectivity index (χ3v) is 5.29. The fourth-order valence-corrected chi connectivity index (χ4v) is 3.84. The highest BCUT2D eigenvalue weighted by molar-refractivity contribution is 5.90. The fourth-order valence-electron chi connectivity index (χ4n) is 3.84. The van der Waals surface area contributed by atoms with Gasteiger partial charge in [-0.15, -0.1) is 0 Å². The van der Waals surface area contributed by atoms with Gasteiger partial charge in [0.25, 0.3) is 0 Å². The van der Waals surface area contributed by atoms with Gasteiger partial charge in [-0.2, -0.15) is 0 Å². The predicted octanol–water partition coefficient (Wildman–Crippen LogP) is 2.85. The number of amides is 1. The second-order valence-corrected chi connectivity index (χ2v) is 7.06. The second kappa shape index (κ2) is 7.88. The molecule has 1 aromatic carbocycles. The number of carbonyl (C=O) groups is 1. The lowest BCUT2D eigenvalue weighted by Crippen LogP contribution is -2.25. The van der Waals surface area contributed by atoms with Crippen LogP contribution in [0.4, 0.5) is 11.5 Å². The van der Waals surface area contributed by atoms with E-state index in [2.05, 4.69) is 15.2 Å². The molecule has 0 spiro atoms. The largest absolute Gasteiger partial charge is 0.370 e. The van der Waals surface area contributed by atoms with E-state index in [0.717, 1.165) is 29.8 Å². The molecular weight excluding hydrogens is 354 g/mol. The van der Waals surface area contributed by atoms with E-state index in [0.29, 0.717) is 18.9 Å². The average molecular weight is 379 g/mol. The van der Waals surface area contributed by atoms with Gasteiger partial charge >= 0.3 is 5.69 Å². The molecule has 1 N–H and O–H groups in total. The molecule has 0 radical (unpaired) electrons. The first-order valence-electron chi connectivity index (χ1n) is 9.86. The Kier molecular flexibility index (Phi) is 5.14. The molecule has 1 amide bonds. The number of carbonyl (C=O) groups excluding carboxylic acids is 1. The summed E-state index contributed by atoms with van der Waals surface area (Å²) in [7, 11) is 0. The van der Waals surface area contributed by atoms with Gasteiger partial charge in [-0.1, -0.05) is 12.1 Å². The van der Waals surface area contributed by atoms with Crippen LogP contribution in [-0.4, -0.2) is 33.1 Å². The standard InChI is InChI=1S/C21H25N5O2/c1-2-25-17-7-3-4-8-18(17)26(21(25)28)14-11-20(27)23-19-10-9-16(15-22-19)24-12-5-6-13-24/h3-4,7-10,15H,2,5-6,11-14H2,1H3,(H,22,23,27). The molecule has 7 heteroatoms. The lowest BCUT2D eigenvalue weighted by Gasteiger charge is -2.17. The Balaban J connectivity index is 1.42. The van der Waals surface area contributed by atoms with Crippen LogP contribution in [0, 0.1) is 0 Å². The molecule has 0 aliphatic carbocycles. The molecule has 1 fully saturated rings. The van der Waals surface area contributed by atoms with Gasteiger partial charge in [-0.3, -0.25) is 13.9 Å². The number of imidazole rings is 1. The van der Waals surface area contributed by atoms with Crippen molar-refractivity contribution in [1.82, 2.24) is 14.1 Å². The van der Waals surface area contributed by atoms with Gasteiger partial charge in [0.1, 0.15) is 5.82 Å². The highest BCUT2D eigenvalue weighted by atomic mass is 16.2. The van der Waals surface area contributed by atoms with Crippen molar-refractivity contribution >= 4 is 28.4 Å². The van der Waals surface area contributed by atoms with Gasteiger partial charge in [0.2, 0.25) is 5.91 Å². The van der Waals surface area contributed by atoms with Gasteiger partial charge in [0, 0.05) is 32.6 Å². The van der Waals surface area contributed by atoms with Crippen molar-refractivity contribution in [2.75, 3.05) is 23.3 Å². The van der Waals surface area contributed by atoms with Crippen molar-refractivity contribution in [2.45, 2.75) is 39.3 Å². The fraction of sp³-hybridized carbons (Fsp3) is 0.381. The van der Waals surface area contributed by atoms with Crippen molar-refractivity contribution in [2.24, 2.45) is 0 Å². The number of benzene rings is 1. The summed E-state index contributed by atoms with van der Waals surface area (Å²) in [5.74, 6) is 0.387. The lowest BCUT2D eigenvalue weighted by atomic mass is 10.3. The van der Waals surface area contributed by atoms with Crippen LogP contribution in [-0.2, 0) is 17.9 Å². The summed E-state index contributed by atoms with van der Waals surface area (Å²) >= 11 is 0. The van der Waals surface area contributed by atoms with Crippen LogP contribution in [0.1, 0.15) is 26.2 Å². The van der Waals surface area contributed by atoms with E-state index in [1.165, 1.54) is 12.8 Å². The SMILES string of the molecule is CCn1c(=O)n(CCC(=O)Nc2ccc(N3CCCC3)cn2)c2ccccc21. The van der Waals surface area contributed by atoms with Gasteiger partial charge in [0.15, 0.2) is 0 Å². The Morgan fingerprint density at radius 3 is 2.43 bits per heavy atom. The Hall–Kier alpha value is -3.09. The van der Waals surface area contributed by atoms with Crippen molar-refractivity contribution in [3.05, 3.63) is 53.1 Å². The molecule has 0 unspecified atom stereocenters. The molecule has 1 aliphatic rings. The zero-order chi connectivity index (χ0) is 19.5. The quantitative estimate of drug-likeness (QED) is 0.715. The predicted molar refractivity (Wildman–Crippen MR) is 111 cm³/mol. The maximum atomic E-state index is 12.6. The number of para-hydroxylation sites is 2. The van der Waals surface area contributed by atoms with E-state index in [1.807, 2.05) is 43.3 Å². The Bertz CT molecular complexity index is 1030. The van der Waals surface area contributed by atoms with E-state index < -0.39 is 0 Å². The molecular formula is C21H25N5O2. The number of aryl methyl sites for hydroxylation is 2. The van der Waals surface area contributed by atoms with Crippen LogP contribution < -0.4 is 15.9 Å². The van der Waals surface area contributed by atoms with E-state index in [9.17, 15) is 9.59 Å². The zero-order valence-electron chi connectivity index (χ0n) is 16.1. The van der Waals surface area contributed by atoms with E-state index in [-0.39, 0.29) is 18.0 Å². The molecule has 28 heavy (non-hydrogen) atoms. The molecule has 1 aliphatic heterocycles. The van der Waals surface area contributed by atoms with Crippen molar-refractivity contribution in [1.29, 1.82) is 0 Å². The highest BCUT2D eigenvalue weighted by Gasteiger charge is 2.14. The van der Waals surface area contributed by atoms with Crippen LogP contribution in [0.2, 0.25) is 0 Å². The summed E-state index contributed by atoms with van der Waals surface area (Å²) in [4.78, 5) is 31.7. The van der Waals surface area contributed by atoms with Crippen LogP contribution in [0.15, 0.2) is 47.4 Å². The van der Waals surface area contributed by atoms with Crippen LogP contribution in [0.3, 0.4) is 0 Å². The molecule has 2 aromatic heterocycles. The number of pyridine rings is 1. The second-order valence-electron chi connectivity index (χ2n) is 7.06. The minimum absolute atomic E-state index is 0.0791. The smallest absolute Gasteiger partial charge is 0.329 e. The molecule has 4 rings (SSSR count). The Morgan fingerprint density at radius 2 is 1.79 bits per heavy atom. The van der Waals surface area contributed by atoms with Crippen molar-refractivity contribution in [3.63, 3.8) is 0 Å². The van der Waals surface area contributed by atoms with E-state index in [4.69, 9.17) is 0 Å². The van der Waals surface area contributed by atoms with Gasteiger partial charge in [-0.05, 0) is 44.0 Å². The highest BCUT2D eigenvalue weighted by Crippen LogP contribution is 2.20. The first-order chi connectivity index (χ1) is 13.7. The number of anilines is 2. The summed E-state index contributed by atoms with van der Waals surface area (Å²) < 4.78 is 3.40. The van der Waals surface area contributed by atoms with Crippen molar-refractivity contribution < 1.29 is 4.79 Å². The van der Waals surface area contributed by atoms with E-state index >= 15 is 0 Å². The minimum Gasteiger partial charge on any atom is -0.370 e. The molecule has 3 heterocycles. The number of aromatic nitrogens is 3. The average Bonchev–Trinajstić information content (AvgIpc) is 3.33. The summed E-state index contributed by atoms with van der Waals surface area (Å²) in [6.45, 7) is 5.01. The monoisotopic (exact) mass is 379 g/mol. The minimum atomic E-state index is -0.151. The lowest BCUT2D eigenvalue weighted by molar-refractivity contribution is -0.116. The molecule has 0 bridgehead atoms. The summed E-state index contributed by atoms with van der Waals surface area (Å²) in [5, 5.41) is 2.83. The third kappa shape index (κ3) is 3.52. The van der Waals surface area contributed by atoms with Crippen molar-refractivity contribution in [3.8, 4) is 0 Å². The molecule has 3 aromatic rings. The van der Waals surface area contributed by atoms with Gasteiger partial charge in [-0.25, -0.2) is 9.78 Å². The first kappa shape index (κ1) is 18.3. The molecule has 146 valence electrons. The van der Waals surface area contributed by atoms with Gasteiger partial charge < -0.3 is 10.2 Å². The number of fused-ring (bicyclic) bond motifs is 1. The maximum absolute atomic E-state index is 12.6. The Morgan fingerprint density at radius 1 is 1.07 bits per heavy atom. The summed E-state index contributed by atoms with van der Waals surface area (Å²) in [6.07, 6.45) is 4.45. The topological polar surface area (TPSA) is 72.2 Å². The zero-order valence-corrected chi connectivity index (χ0v) is 16.1. The third-order valence-electron chi connectivity index (χ3n) is 5.29. The number of rotatable bonds is 6. The molecule has 7 nitrogen and oxygen atoms in total. The maximum Gasteiger partial charge on any atom is 0.329 e. The molecule has 1 saturated heterocycles.